The molecule has 3 N–H and O–H groups in total. The van der Waals surface area contributed by atoms with Crippen molar-refractivity contribution in [3.05, 3.63) is 24.3 Å². The SMILES string of the molecule is CCCCCC/C=C\C=C/CCCCCCCC(=O)OC[C@H](COP(=O)(O)OC[C@@H](O)COP(=O)(O)OC[C@@H](COC(=O)CCCCCCCCCCC(C)C)OC(=O)CCCCCCCCCCCCC(C)CC)OC(=O)CCCCCCCCCCCCCCCCCCCCCCC. The molecule has 0 aromatic heterocycles. The lowest BCUT2D eigenvalue weighted by Gasteiger charge is -2.21. The van der Waals surface area contributed by atoms with Gasteiger partial charge in [-0.05, 0) is 63.2 Å². The van der Waals surface area contributed by atoms with Crippen molar-refractivity contribution in [1.29, 1.82) is 0 Å². The topological polar surface area (TPSA) is 237 Å². The Morgan fingerprint density at radius 3 is 0.891 bits per heavy atom. The number of rotatable bonds is 79. The molecular weight excluding hydrogens is 1320 g/mol. The molecule has 0 aromatic carbocycles. The summed E-state index contributed by atoms with van der Waals surface area (Å²) >= 11 is 0. The van der Waals surface area contributed by atoms with Crippen LogP contribution in [0.15, 0.2) is 24.3 Å². The van der Waals surface area contributed by atoms with Crippen molar-refractivity contribution in [2.45, 2.75) is 426 Å². The van der Waals surface area contributed by atoms with Gasteiger partial charge in [-0.3, -0.25) is 37.3 Å². The fourth-order valence-corrected chi connectivity index (χ4v) is 13.7. The number of phosphoric acid groups is 2. The summed E-state index contributed by atoms with van der Waals surface area (Å²) in [7, 11) is -9.93. The first-order valence-corrected chi connectivity index (χ1v) is 44.8. The summed E-state index contributed by atoms with van der Waals surface area (Å²) in [5.74, 6) is -0.614. The molecule has 0 saturated heterocycles. The fraction of sp³-hybridized carbons (Fsp3) is 0.902. The second-order valence-electron chi connectivity index (χ2n) is 29.5. The Labute approximate surface area is 618 Å². The lowest BCUT2D eigenvalue weighted by molar-refractivity contribution is -0.161. The van der Waals surface area contributed by atoms with Crippen LogP contribution < -0.4 is 0 Å². The number of carbonyl (C=O) groups excluding carboxylic acids is 4. The van der Waals surface area contributed by atoms with Crippen molar-refractivity contribution in [3.63, 3.8) is 0 Å². The molecular formula is C82H156O17P2. The third-order valence-electron chi connectivity index (χ3n) is 18.9. The number of phosphoric ester groups is 2. The highest BCUT2D eigenvalue weighted by Gasteiger charge is 2.30. The molecule has 0 rings (SSSR count). The van der Waals surface area contributed by atoms with E-state index in [1.165, 1.54) is 205 Å². The number of hydrogen-bond donors (Lipinski definition) is 3. The van der Waals surface area contributed by atoms with Gasteiger partial charge in [-0.1, -0.05) is 355 Å². The Hall–Kier alpha value is -2.46. The van der Waals surface area contributed by atoms with Crippen molar-refractivity contribution >= 4 is 39.5 Å². The first-order chi connectivity index (χ1) is 48.9. The number of carbonyl (C=O) groups is 4. The van der Waals surface area contributed by atoms with E-state index >= 15 is 0 Å². The van der Waals surface area contributed by atoms with Crippen molar-refractivity contribution < 1.29 is 80.2 Å². The van der Waals surface area contributed by atoms with E-state index in [1.54, 1.807) is 0 Å². The van der Waals surface area contributed by atoms with Gasteiger partial charge in [0.1, 0.15) is 19.3 Å². The largest absolute Gasteiger partial charge is 0.472 e. The highest BCUT2D eigenvalue weighted by Crippen LogP contribution is 2.45. The molecule has 0 aliphatic heterocycles. The molecule has 0 fully saturated rings. The molecule has 0 amide bonds. The van der Waals surface area contributed by atoms with E-state index in [0.717, 1.165) is 121 Å². The molecule has 0 spiro atoms. The van der Waals surface area contributed by atoms with Gasteiger partial charge in [-0.25, -0.2) is 9.13 Å². The molecule has 0 aromatic rings. The van der Waals surface area contributed by atoms with E-state index in [1.807, 2.05) is 0 Å². The first kappa shape index (κ1) is 98.5. The lowest BCUT2D eigenvalue weighted by atomic mass is 9.99. The zero-order valence-electron chi connectivity index (χ0n) is 65.7. The van der Waals surface area contributed by atoms with Gasteiger partial charge in [0.2, 0.25) is 0 Å². The summed E-state index contributed by atoms with van der Waals surface area (Å²) in [6.07, 6.45) is 66.1. The number of aliphatic hydroxyl groups is 1. The van der Waals surface area contributed by atoms with Crippen LogP contribution in [0.1, 0.15) is 408 Å². The Morgan fingerprint density at radius 1 is 0.327 bits per heavy atom. The van der Waals surface area contributed by atoms with Gasteiger partial charge < -0.3 is 33.8 Å². The van der Waals surface area contributed by atoms with Crippen molar-refractivity contribution in [3.8, 4) is 0 Å². The van der Waals surface area contributed by atoms with Crippen LogP contribution >= 0.6 is 15.6 Å². The number of allylic oxidation sites excluding steroid dienone is 4. The van der Waals surface area contributed by atoms with E-state index < -0.39 is 97.5 Å². The van der Waals surface area contributed by atoms with E-state index in [2.05, 4.69) is 65.8 Å². The van der Waals surface area contributed by atoms with Crippen LogP contribution in [-0.2, 0) is 65.4 Å². The number of esters is 4. The predicted molar refractivity (Wildman–Crippen MR) is 414 cm³/mol. The summed E-state index contributed by atoms with van der Waals surface area (Å²) in [4.78, 5) is 73.0. The maximum absolute atomic E-state index is 13.1. The molecule has 596 valence electrons. The minimum Gasteiger partial charge on any atom is -0.462 e. The molecule has 0 radical (unpaired) electrons. The van der Waals surface area contributed by atoms with E-state index in [-0.39, 0.29) is 25.7 Å². The predicted octanol–water partition coefficient (Wildman–Crippen LogP) is 24.2. The van der Waals surface area contributed by atoms with Crippen molar-refractivity contribution in [2.75, 3.05) is 39.6 Å². The normalized spacial score (nSPS) is 14.3. The quantitative estimate of drug-likeness (QED) is 0.0169. The maximum atomic E-state index is 13.1. The number of aliphatic hydroxyl groups excluding tert-OH is 1. The Bertz CT molecular complexity index is 2040. The summed E-state index contributed by atoms with van der Waals surface area (Å²) in [6, 6.07) is 0. The second-order valence-corrected chi connectivity index (χ2v) is 32.5. The van der Waals surface area contributed by atoms with Crippen molar-refractivity contribution in [1.82, 2.24) is 0 Å². The minimum absolute atomic E-state index is 0.102. The average molecular weight is 1480 g/mol. The third kappa shape index (κ3) is 74.2. The van der Waals surface area contributed by atoms with Crippen LogP contribution in [-0.4, -0.2) is 96.7 Å². The summed E-state index contributed by atoms with van der Waals surface area (Å²) in [5, 5.41) is 10.6. The van der Waals surface area contributed by atoms with E-state index in [4.69, 9.17) is 37.0 Å². The Kier molecular flexibility index (Phi) is 71.3. The highest BCUT2D eigenvalue weighted by molar-refractivity contribution is 7.47. The monoisotopic (exact) mass is 1480 g/mol. The van der Waals surface area contributed by atoms with Crippen molar-refractivity contribution in [2.24, 2.45) is 11.8 Å². The van der Waals surface area contributed by atoms with Crippen LogP contribution in [0.2, 0.25) is 0 Å². The fourth-order valence-electron chi connectivity index (χ4n) is 12.1. The van der Waals surface area contributed by atoms with Crippen LogP contribution in [0, 0.1) is 11.8 Å². The number of ether oxygens (including phenoxy) is 4. The molecule has 6 atom stereocenters. The molecule has 17 nitrogen and oxygen atoms in total. The number of unbranched alkanes of at least 4 members (excludes halogenated alkanes) is 45. The molecule has 0 saturated carbocycles. The third-order valence-corrected chi connectivity index (χ3v) is 20.8. The van der Waals surface area contributed by atoms with Crippen LogP contribution in [0.25, 0.3) is 0 Å². The smallest absolute Gasteiger partial charge is 0.462 e. The van der Waals surface area contributed by atoms with Crippen LogP contribution in [0.3, 0.4) is 0 Å². The van der Waals surface area contributed by atoms with Gasteiger partial charge in [-0.2, -0.15) is 0 Å². The zero-order valence-corrected chi connectivity index (χ0v) is 67.5. The molecule has 0 aliphatic carbocycles. The summed E-state index contributed by atoms with van der Waals surface area (Å²) in [5.41, 5.74) is 0. The first-order valence-electron chi connectivity index (χ1n) is 41.8. The minimum atomic E-state index is -4.97. The molecule has 3 unspecified atom stereocenters. The Morgan fingerprint density at radius 2 is 0.584 bits per heavy atom. The Balaban J connectivity index is 5.27. The molecule has 19 heteroatoms. The molecule has 0 aliphatic rings. The zero-order chi connectivity index (χ0) is 74.2. The molecule has 101 heavy (non-hydrogen) atoms. The molecule has 0 heterocycles. The van der Waals surface area contributed by atoms with Gasteiger partial charge in [0.05, 0.1) is 26.4 Å². The highest BCUT2D eigenvalue weighted by atomic mass is 31.2. The standard InChI is InChI=1S/C82H156O17P2/c1-7-10-12-14-16-18-20-22-24-25-26-27-28-29-31-33-35-40-48-54-60-66-81(86)98-77(70-92-79(84)64-58-52-46-39-34-32-30-23-21-19-17-15-13-11-8-2)72-96-100(88,89)94-68-76(83)69-95-101(90,91)97-73-78(71-93-80(85)65-59-53-47-43-42-44-50-56-62-74(4)5)99-82(87)67-61-55-49-41-37-36-38-45-51-57-63-75(6)9-3/h19,21,23,30,74-78,83H,7-18,20,22,24-29,31-73H2,1-6H3,(H,88,89)(H,90,91)/b21-19-,30-23-/t75?,76-,77-,78-/m1/s1. The van der Waals surface area contributed by atoms with Gasteiger partial charge in [-0.15, -0.1) is 0 Å². The van der Waals surface area contributed by atoms with Gasteiger partial charge in [0.25, 0.3) is 0 Å². The van der Waals surface area contributed by atoms with Gasteiger partial charge in [0.15, 0.2) is 12.2 Å². The lowest BCUT2D eigenvalue weighted by Crippen LogP contribution is -2.30. The van der Waals surface area contributed by atoms with Crippen LogP contribution in [0.4, 0.5) is 0 Å². The number of hydrogen-bond acceptors (Lipinski definition) is 15. The van der Waals surface area contributed by atoms with Gasteiger partial charge in [0, 0.05) is 25.7 Å². The summed E-state index contributed by atoms with van der Waals surface area (Å²) < 4.78 is 68.7. The summed E-state index contributed by atoms with van der Waals surface area (Å²) in [6.45, 7) is 9.55. The average Bonchev–Trinajstić information content (AvgIpc) is 0.962. The molecule has 0 bridgehead atoms. The second kappa shape index (κ2) is 73.1. The van der Waals surface area contributed by atoms with E-state index in [0.29, 0.717) is 25.7 Å². The van der Waals surface area contributed by atoms with Crippen LogP contribution in [0.5, 0.6) is 0 Å². The van der Waals surface area contributed by atoms with Gasteiger partial charge >= 0.3 is 39.5 Å². The van der Waals surface area contributed by atoms with E-state index in [9.17, 15) is 43.2 Å². The maximum Gasteiger partial charge on any atom is 0.472 e.